The number of carbonyl (C=O) groups is 3. The Morgan fingerprint density at radius 2 is 1.90 bits per heavy atom. The monoisotopic (exact) mass is 421 g/mol. The maximum absolute atomic E-state index is 12.4. The summed E-state index contributed by atoms with van der Waals surface area (Å²) in [6.45, 7) is 0.983. The molecule has 1 heterocycles. The van der Waals surface area contributed by atoms with Crippen LogP contribution < -0.4 is 5.32 Å². The van der Waals surface area contributed by atoms with Gasteiger partial charge in [0.1, 0.15) is 0 Å². The van der Waals surface area contributed by atoms with Crippen LogP contribution in [0.5, 0.6) is 0 Å². The number of para-hydroxylation sites is 2. The second-order valence-electron chi connectivity index (χ2n) is 6.24. The van der Waals surface area contributed by atoms with Crippen molar-refractivity contribution in [3.05, 3.63) is 66.0 Å². The zero-order valence-corrected chi connectivity index (χ0v) is 17.2. The highest BCUT2D eigenvalue weighted by Crippen LogP contribution is 2.26. The predicted octanol–water partition coefficient (Wildman–Crippen LogP) is 3.75. The van der Waals surface area contributed by atoms with E-state index in [4.69, 9.17) is 4.74 Å². The van der Waals surface area contributed by atoms with E-state index in [0.29, 0.717) is 22.5 Å². The minimum absolute atomic E-state index is 0.233. The number of benzene rings is 2. The fourth-order valence-corrected chi connectivity index (χ4v) is 3.18. The van der Waals surface area contributed by atoms with Gasteiger partial charge >= 0.3 is 5.97 Å². The van der Waals surface area contributed by atoms with Gasteiger partial charge in [-0.15, -0.1) is 11.8 Å². The highest BCUT2D eigenvalue weighted by molar-refractivity contribution is 7.98. The predicted molar refractivity (Wildman–Crippen MR) is 116 cm³/mol. The van der Waals surface area contributed by atoms with Crippen LogP contribution in [0.25, 0.3) is 17.1 Å². The zero-order chi connectivity index (χ0) is 21.5. The number of nitrogens with zero attached hydrogens (tertiary/aromatic N) is 2. The van der Waals surface area contributed by atoms with Gasteiger partial charge in [-0.05, 0) is 36.6 Å². The first-order valence-corrected chi connectivity index (χ1v) is 10.2. The molecule has 0 saturated heterocycles. The quantitative estimate of drug-likeness (QED) is 0.268. The molecule has 0 saturated carbocycles. The van der Waals surface area contributed by atoms with E-state index in [1.165, 1.54) is 30.8 Å². The third kappa shape index (κ3) is 5.51. The maximum Gasteiger partial charge on any atom is 0.331 e. The Hall–Kier alpha value is -3.52. The topological polar surface area (TPSA) is 98.2 Å². The van der Waals surface area contributed by atoms with Crippen molar-refractivity contribution in [2.45, 2.75) is 11.8 Å². The van der Waals surface area contributed by atoms with Gasteiger partial charge < -0.3 is 10.1 Å². The van der Waals surface area contributed by atoms with Crippen molar-refractivity contribution in [3.63, 3.8) is 0 Å². The molecule has 0 atom stereocenters. The molecule has 0 fully saturated rings. The van der Waals surface area contributed by atoms with E-state index >= 15 is 0 Å². The molecule has 1 amide bonds. The molecular weight excluding hydrogens is 402 g/mol. The summed E-state index contributed by atoms with van der Waals surface area (Å²) in [6.07, 6.45) is 6.10. The lowest BCUT2D eigenvalue weighted by Gasteiger charge is -2.10. The molecule has 0 spiro atoms. The van der Waals surface area contributed by atoms with Crippen LogP contribution in [0.2, 0.25) is 0 Å². The second-order valence-corrected chi connectivity index (χ2v) is 7.09. The number of fused-ring (bicyclic) bond motifs is 1. The molecule has 0 aliphatic carbocycles. The van der Waals surface area contributed by atoms with Crippen LogP contribution in [0.15, 0.2) is 59.6 Å². The molecule has 0 unspecified atom stereocenters. The molecule has 1 N–H and O–H groups in total. The first-order valence-electron chi connectivity index (χ1n) is 9.01. The number of esters is 1. The lowest BCUT2D eigenvalue weighted by Crippen LogP contribution is -2.14. The molecule has 7 nitrogen and oxygen atoms in total. The summed E-state index contributed by atoms with van der Waals surface area (Å²) in [5.41, 5.74) is 2.86. The highest BCUT2D eigenvalue weighted by Gasteiger charge is 2.12. The van der Waals surface area contributed by atoms with Gasteiger partial charge in [-0.25, -0.2) is 9.78 Å². The Labute approximate surface area is 177 Å². The Bertz CT molecular complexity index is 1140. The van der Waals surface area contributed by atoms with Crippen molar-refractivity contribution in [3.8, 4) is 0 Å². The Kier molecular flexibility index (Phi) is 6.92. The van der Waals surface area contributed by atoms with Crippen LogP contribution in [0, 0.1) is 0 Å². The molecule has 1 aromatic heterocycles. The first-order chi connectivity index (χ1) is 14.5. The SMILES string of the molecule is CSc1ccc(C(=O)COC(=O)/C=C/c2cnc3ccccc3n2)cc1NC(C)=O. The largest absolute Gasteiger partial charge is 0.454 e. The van der Waals surface area contributed by atoms with Gasteiger partial charge in [-0.3, -0.25) is 14.6 Å². The van der Waals surface area contributed by atoms with E-state index in [-0.39, 0.29) is 11.7 Å². The Morgan fingerprint density at radius 1 is 1.13 bits per heavy atom. The van der Waals surface area contributed by atoms with E-state index in [1.54, 1.807) is 24.4 Å². The van der Waals surface area contributed by atoms with Crippen molar-refractivity contribution >= 4 is 52.2 Å². The summed E-state index contributed by atoms with van der Waals surface area (Å²) < 4.78 is 5.03. The number of Topliss-reactive ketones (excluding diaryl/α,β-unsaturated/α-hetero) is 1. The number of hydrogen-bond acceptors (Lipinski definition) is 7. The second kappa shape index (κ2) is 9.80. The van der Waals surface area contributed by atoms with Crippen LogP contribution in [-0.2, 0) is 14.3 Å². The molecule has 3 aromatic rings. The lowest BCUT2D eigenvalue weighted by molar-refractivity contribution is -0.136. The molecule has 0 aliphatic rings. The third-order valence-corrected chi connectivity index (χ3v) is 4.83. The van der Waals surface area contributed by atoms with Gasteiger partial charge in [-0.1, -0.05) is 18.2 Å². The molecule has 8 heteroatoms. The fourth-order valence-electron chi connectivity index (χ4n) is 2.64. The summed E-state index contributed by atoms with van der Waals surface area (Å²) in [7, 11) is 0. The van der Waals surface area contributed by atoms with Crippen molar-refractivity contribution in [1.82, 2.24) is 9.97 Å². The summed E-state index contributed by atoms with van der Waals surface area (Å²) >= 11 is 1.45. The number of nitrogens with one attached hydrogen (secondary N) is 1. The highest BCUT2D eigenvalue weighted by atomic mass is 32.2. The lowest BCUT2D eigenvalue weighted by atomic mass is 10.1. The molecule has 0 bridgehead atoms. The average Bonchev–Trinajstić information content (AvgIpc) is 2.75. The third-order valence-electron chi connectivity index (χ3n) is 4.04. The number of carbonyl (C=O) groups excluding carboxylic acids is 3. The first kappa shape index (κ1) is 21.2. The Morgan fingerprint density at radius 3 is 2.63 bits per heavy atom. The van der Waals surface area contributed by atoms with E-state index in [0.717, 1.165) is 10.4 Å². The van der Waals surface area contributed by atoms with Crippen molar-refractivity contribution in [2.24, 2.45) is 0 Å². The van der Waals surface area contributed by atoms with Gasteiger partial charge in [0.25, 0.3) is 0 Å². The number of ether oxygens (including phenoxy) is 1. The van der Waals surface area contributed by atoms with Gasteiger partial charge in [0.2, 0.25) is 5.91 Å². The number of hydrogen-bond donors (Lipinski definition) is 1. The normalized spacial score (nSPS) is 10.9. The number of amides is 1. The number of thioether (sulfide) groups is 1. The van der Waals surface area contributed by atoms with E-state index in [9.17, 15) is 14.4 Å². The van der Waals surface area contributed by atoms with Crippen LogP contribution in [-0.4, -0.2) is 40.5 Å². The van der Waals surface area contributed by atoms with E-state index in [1.807, 2.05) is 30.5 Å². The summed E-state index contributed by atoms with van der Waals surface area (Å²) in [4.78, 5) is 45.1. The van der Waals surface area contributed by atoms with Gasteiger partial charge in [-0.2, -0.15) is 0 Å². The molecule has 0 radical (unpaired) electrons. The molecule has 30 heavy (non-hydrogen) atoms. The Balaban J connectivity index is 1.61. The summed E-state index contributed by atoms with van der Waals surface area (Å²) in [5.74, 6) is -1.27. The number of aromatic nitrogens is 2. The van der Waals surface area contributed by atoms with Crippen LogP contribution in [0.1, 0.15) is 23.0 Å². The number of ketones is 1. The minimum Gasteiger partial charge on any atom is -0.454 e. The zero-order valence-electron chi connectivity index (χ0n) is 16.4. The smallest absolute Gasteiger partial charge is 0.331 e. The molecule has 3 rings (SSSR count). The molecule has 2 aromatic carbocycles. The van der Waals surface area contributed by atoms with E-state index in [2.05, 4.69) is 15.3 Å². The average molecular weight is 421 g/mol. The van der Waals surface area contributed by atoms with Crippen LogP contribution in [0.4, 0.5) is 5.69 Å². The minimum atomic E-state index is -0.666. The van der Waals surface area contributed by atoms with E-state index < -0.39 is 12.6 Å². The summed E-state index contributed by atoms with van der Waals surface area (Å²) in [5, 5.41) is 2.69. The molecular formula is C22H19N3O4S. The van der Waals surface area contributed by atoms with Gasteiger partial charge in [0.15, 0.2) is 12.4 Å². The van der Waals surface area contributed by atoms with Crippen molar-refractivity contribution < 1.29 is 19.1 Å². The fraction of sp³-hybridized carbons (Fsp3) is 0.136. The maximum atomic E-state index is 12.4. The van der Waals surface area contributed by atoms with Crippen LogP contribution in [0.3, 0.4) is 0 Å². The van der Waals surface area contributed by atoms with Crippen LogP contribution >= 0.6 is 11.8 Å². The number of rotatable bonds is 7. The standard InChI is InChI=1S/C22H19N3O4S/c1-14(26)24-19-11-15(7-9-21(19)30-2)20(27)13-29-22(28)10-8-16-12-23-17-5-3-4-6-18(17)25-16/h3-12H,13H2,1-2H3,(H,24,26)/b10-8+. The molecule has 152 valence electrons. The van der Waals surface area contributed by atoms with Gasteiger partial charge in [0, 0.05) is 23.5 Å². The van der Waals surface area contributed by atoms with Crippen molar-refractivity contribution in [1.29, 1.82) is 0 Å². The van der Waals surface area contributed by atoms with Gasteiger partial charge in [0.05, 0.1) is 28.6 Å². The molecule has 0 aliphatic heterocycles. The number of anilines is 1. The van der Waals surface area contributed by atoms with Crippen molar-refractivity contribution in [2.75, 3.05) is 18.2 Å². The summed E-state index contributed by atoms with van der Waals surface area (Å²) in [6, 6.07) is 12.3.